The number of likely N-dealkylation sites (tertiary alicyclic amines) is 1. The Bertz CT molecular complexity index is 596. The van der Waals surface area contributed by atoms with E-state index in [1.165, 1.54) is 23.1 Å². The smallest absolute Gasteiger partial charge is 0.314 e. The molecule has 7 heteroatoms. The van der Waals surface area contributed by atoms with Gasteiger partial charge in [0.2, 0.25) is 0 Å². The maximum absolute atomic E-state index is 12.6. The fourth-order valence-electron chi connectivity index (χ4n) is 3.17. The minimum absolute atomic E-state index is 0.131. The summed E-state index contributed by atoms with van der Waals surface area (Å²) in [6, 6.07) is 3.96. The van der Waals surface area contributed by atoms with Gasteiger partial charge in [0.1, 0.15) is 22.5 Å². The lowest BCUT2D eigenvalue weighted by Gasteiger charge is -2.43. The number of hydrogen-bond acceptors (Lipinski definition) is 5. The quantitative estimate of drug-likeness (QED) is 0.661. The van der Waals surface area contributed by atoms with Gasteiger partial charge in [-0.15, -0.1) is 0 Å². The number of phenols is 2. The van der Waals surface area contributed by atoms with Crippen LogP contribution in [0.5, 0.6) is 11.5 Å². The van der Waals surface area contributed by atoms with Crippen molar-refractivity contribution in [3.63, 3.8) is 0 Å². The normalized spacial score (nSPS) is 24.4. The first kappa shape index (κ1) is 17.1. The zero-order valence-corrected chi connectivity index (χ0v) is 12.9. The summed E-state index contributed by atoms with van der Waals surface area (Å²) in [6.07, 6.45) is -0.124. The highest BCUT2D eigenvalue weighted by molar-refractivity contribution is 5.99. The van der Waals surface area contributed by atoms with E-state index in [1.54, 1.807) is 0 Å². The number of carbonyl (C=O) groups excluding carboxylic acids is 1. The fourth-order valence-corrected chi connectivity index (χ4v) is 3.17. The molecule has 0 aromatic heterocycles. The van der Waals surface area contributed by atoms with Crippen molar-refractivity contribution in [2.45, 2.75) is 32.3 Å². The first-order valence-electron chi connectivity index (χ1n) is 7.55. The summed E-state index contributed by atoms with van der Waals surface area (Å²) >= 11 is 0. The highest BCUT2D eigenvalue weighted by Crippen LogP contribution is 2.37. The van der Waals surface area contributed by atoms with Gasteiger partial charge in [-0.2, -0.15) is 0 Å². The number of hydrogen-bond donors (Lipinski definition) is 4. The van der Waals surface area contributed by atoms with E-state index in [-0.39, 0.29) is 43.0 Å². The van der Waals surface area contributed by atoms with E-state index in [2.05, 4.69) is 0 Å². The molecule has 0 unspecified atom stereocenters. The number of piperidine rings is 1. The summed E-state index contributed by atoms with van der Waals surface area (Å²) in [5.74, 6) is -2.52. The predicted octanol–water partition coefficient (Wildman–Crippen LogP) is 1.18. The first-order valence-corrected chi connectivity index (χ1v) is 7.55. The number of benzene rings is 1. The molecule has 0 spiro atoms. The molecule has 2 atom stereocenters. The van der Waals surface area contributed by atoms with Gasteiger partial charge in [0.15, 0.2) is 0 Å². The molecule has 23 heavy (non-hydrogen) atoms. The molecule has 1 heterocycles. The molecule has 1 amide bonds. The second kappa shape index (κ2) is 6.45. The molecule has 0 radical (unpaired) electrons. The maximum atomic E-state index is 12.6. The number of aromatic hydroxyl groups is 2. The monoisotopic (exact) mass is 323 g/mol. The van der Waals surface area contributed by atoms with Crippen LogP contribution in [0.15, 0.2) is 18.2 Å². The summed E-state index contributed by atoms with van der Waals surface area (Å²) < 4.78 is 0. The number of aliphatic hydroxyl groups is 1. The average molecular weight is 323 g/mol. The number of carbonyl (C=O) groups is 2. The standard InChI is InChI=1S/C16H21NO6/c1-2-7-16(15(22)23)9-17(8-6-12(16)20)14(21)13-10(18)4-3-5-11(13)19/h3-5,12,18-20H,2,6-9H2,1H3,(H,22,23)/t12-,16-/m1/s1. The van der Waals surface area contributed by atoms with Crippen molar-refractivity contribution in [2.24, 2.45) is 5.41 Å². The highest BCUT2D eigenvalue weighted by Gasteiger charge is 2.49. The Labute approximate surface area is 133 Å². The van der Waals surface area contributed by atoms with Gasteiger partial charge in [0.25, 0.3) is 5.91 Å². The Morgan fingerprint density at radius 1 is 1.30 bits per heavy atom. The van der Waals surface area contributed by atoms with Crippen molar-refractivity contribution in [3.05, 3.63) is 23.8 Å². The number of carboxylic acid groups (broad SMARTS) is 1. The molecule has 1 aliphatic heterocycles. The molecule has 1 aromatic carbocycles. The van der Waals surface area contributed by atoms with Gasteiger partial charge in [0.05, 0.1) is 6.10 Å². The Morgan fingerprint density at radius 3 is 2.43 bits per heavy atom. The van der Waals surface area contributed by atoms with Gasteiger partial charge in [-0.05, 0) is 25.0 Å². The number of carboxylic acids is 1. The average Bonchev–Trinajstić information content (AvgIpc) is 2.49. The Balaban J connectivity index is 2.34. The third kappa shape index (κ3) is 2.96. The third-order valence-corrected chi connectivity index (χ3v) is 4.43. The SMILES string of the molecule is CCC[C@@]1(C(=O)O)CN(C(=O)c2c(O)cccc2O)CC[C@H]1O. The Hall–Kier alpha value is -2.28. The molecule has 1 fully saturated rings. The van der Waals surface area contributed by atoms with E-state index >= 15 is 0 Å². The van der Waals surface area contributed by atoms with E-state index in [0.717, 1.165) is 0 Å². The number of aliphatic carboxylic acids is 1. The Morgan fingerprint density at radius 2 is 1.91 bits per heavy atom. The molecule has 126 valence electrons. The van der Waals surface area contributed by atoms with Crippen molar-refractivity contribution in [1.29, 1.82) is 0 Å². The largest absolute Gasteiger partial charge is 0.507 e. The van der Waals surface area contributed by atoms with Crippen LogP contribution in [0.25, 0.3) is 0 Å². The van der Waals surface area contributed by atoms with Gasteiger partial charge in [0, 0.05) is 13.1 Å². The van der Waals surface area contributed by atoms with Crippen LogP contribution in [0.1, 0.15) is 36.5 Å². The van der Waals surface area contributed by atoms with Gasteiger partial charge >= 0.3 is 5.97 Å². The second-order valence-corrected chi connectivity index (χ2v) is 5.91. The van der Waals surface area contributed by atoms with E-state index in [9.17, 15) is 30.0 Å². The van der Waals surface area contributed by atoms with Crippen molar-refractivity contribution in [3.8, 4) is 11.5 Å². The summed E-state index contributed by atoms with van der Waals surface area (Å²) in [7, 11) is 0. The molecular formula is C16H21NO6. The Kier molecular flexibility index (Phi) is 4.79. The van der Waals surface area contributed by atoms with Gasteiger partial charge in [-0.3, -0.25) is 9.59 Å². The van der Waals surface area contributed by atoms with Crippen LogP contribution in [0.4, 0.5) is 0 Å². The van der Waals surface area contributed by atoms with Gasteiger partial charge in [-0.25, -0.2) is 0 Å². The molecule has 1 aromatic rings. The topological polar surface area (TPSA) is 118 Å². The van der Waals surface area contributed by atoms with Crippen molar-refractivity contribution < 1.29 is 30.0 Å². The minimum Gasteiger partial charge on any atom is -0.507 e. The number of aliphatic hydroxyl groups excluding tert-OH is 1. The van der Waals surface area contributed by atoms with Crippen LogP contribution in [0.2, 0.25) is 0 Å². The lowest BCUT2D eigenvalue weighted by Crippen LogP contribution is -2.57. The van der Waals surface area contributed by atoms with Crippen molar-refractivity contribution in [1.82, 2.24) is 4.90 Å². The maximum Gasteiger partial charge on any atom is 0.314 e. The van der Waals surface area contributed by atoms with Crippen LogP contribution in [0, 0.1) is 5.41 Å². The zero-order chi connectivity index (χ0) is 17.2. The van der Waals surface area contributed by atoms with Gasteiger partial charge < -0.3 is 25.3 Å². The molecule has 0 aliphatic carbocycles. The fraction of sp³-hybridized carbons (Fsp3) is 0.500. The predicted molar refractivity (Wildman–Crippen MR) is 81.3 cm³/mol. The molecule has 0 bridgehead atoms. The van der Waals surface area contributed by atoms with Crippen molar-refractivity contribution in [2.75, 3.05) is 13.1 Å². The van der Waals surface area contributed by atoms with E-state index in [4.69, 9.17) is 0 Å². The summed E-state index contributed by atoms with van der Waals surface area (Å²) in [4.78, 5) is 25.6. The third-order valence-electron chi connectivity index (χ3n) is 4.43. The van der Waals surface area contributed by atoms with E-state index in [0.29, 0.717) is 6.42 Å². The molecule has 1 saturated heterocycles. The number of amides is 1. The molecule has 2 rings (SSSR count). The first-order chi connectivity index (χ1) is 10.8. The van der Waals surface area contributed by atoms with Crippen LogP contribution in [-0.2, 0) is 4.79 Å². The molecular weight excluding hydrogens is 302 g/mol. The summed E-state index contributed by atoms with van der Waals surface area (Å²) in [5, 5.41) is 39.4. The van der Waals surface area contributed by atoms with Crippen LogP contribution in [0.3, 0.4) is 0 Å². The molecule has 7 nitrogen and oxygen atoms in total. The number of phenolic OH excluding ortho intramolecular Hbond substituents is 2. The molecule has 4 N–H and O–H groups in total. The number of nitrogens with zero attached hydrogens (tertiary/aromatic N) is 1. The minimum atomic E-state index is -1.43. The number of rotatable bonds is 4. The van der Waals surface area contributed by atoms with Gasteiger partial charge in [-0.1, -0.05) is 19.4 Å². The lowest BCUT2D eigenvalue weighted by atomic mass is 9.74. The van der Waals surface area contributed by atoms with Crippen LogP contribution < -0.4 is 0 Å². The van der Waals surface area contributed by atoms with Crippen molar-refractivity contribution >= 4 is 11.9 Å². The summed E-state index contributed by atoms with van der Waals surface area (Å²) in [5.41, 5.74) is -1.68. The molecule has 1 aliphatic rings. The van der Waals surface area contributed by atoms with E-state index in [1.807, 2.05) is 6.92 Å². The van der Waals surface area contributed by atoms with Crippen LogP contribution >= 0.6 is 0 Å². The van der Waals surface area contributed by atoms with Crippen LogP contribution in [-0.4, -0.2) is 56.4 Å². The highest BCUT2D eigenvalue weighted by atomic mass is 16.4. The molecule has 0 saturated carbocycles. The lowest BCUT2D eigenvalue weighted by molar-refractivity contribution is -0.162. The zero-order valence-electron chi connectivity index (χ0n) is 12.9. The summed E-state index contributed by atoms with van der Waals surface area (Å²) in [6.45, 7) is 1.81. The van der Waals surface area contributed by atoms with E-state index < -0.39 is 23.4 Å². The second-order valence-electron chi connectivity index (χ2n) is 5.91.